The van der Waals surface area contributed by atoms with Gasteiger partial charge >= 0.3 is 0 Å². The number of benzene rings is 1. The third kappa shape index (κ3) is 4.09. The first kappa shape index (κ1) is 16.8. The normalized spacial score (nSPS) is 15.4. The van der Waals surface area contributed by atoms with Crippen molar-refractivity contribution in [2.24, 2.45) is 5.92 Å². The fourth-order valence-electron chi connectivity index (χ4n) is 2.86. The molecule has 0 saturated carbocycles. The summed E-state index contributed by atoms with van der Waals surface area (Å²) in [6.45, 7) is 4.49. The molecule has 24 heavy (non-hydrogen) atoms. The number of methoxy groups -OCH3 is 1. The van der Waals surface area contributed by atoms with Gasteiger partial charge in [0.2, 0.25) is 0 Å². The molecule has 3 rings (SSSR count). The van der Waals surface area contributed by atoms with Crippen LogP contribution in [0, 0.1) is 12.8 Å². The van der Waals surface area contributed by atoms with Gasteiger partial charge < -0.3 is 14.4 Å². The van der Waals surface area contributed by atoms with Crippen LogP contribution in [0.25, 0.3) is 0 Å². The Morgan fingerprint density at radius 3 is 2.50 bits per heavy atom. The maximum atomic E-state index is 6.23. The molecule has 0 amide bonds. The maximum absolute atomic E-state index is 6.23. The molecule has 0 N–H and O–H groups in total. The summed E-state index contributed by atoms with van der Waals surface area (Å²) in [5.41, 5.74) is 0. The Labute approximate surface area is 147 Å². The van der Waals surface area contributed by atoms with Crippen molar-refractivity contribution in [1.29, 1.82) is 0 Å². The number of ether oxygens (including phenoxy) is 2. The summed E-state index contributed by atoms with van der Waals surface area (Å²) < 4.78 is 11.1. The van der Waals surface area contributed by atoms with Crippen molar-refractivity contribution in [3.05, 3.63) is 41.3 Å². The van der Waals surface area contributed by atoms with E-state index >= 15 is 0 Å². The Morgan fingerprint density at radius 1 is 1.17 bits per heavy atom. The molecule has 1 aromatic heterocycles. The van der Waals surface area contributed by atoms with Crippen molar-refractivity contribution >= 4 is 17.4 Å². The lowest BCUT2D eigenvalue weighted by molar-refractivity contribution is 0.222. The van der Waals surface area contributed by atoms with E-state index in [2.05, 4.69) is 14.9 Å². The van der Waals surface area contributed by atoms with Gasteiger partial charge in [0, 0.05) is 13.1 Å². The number of nitrogens with zero attached hydrogens (tertiary/aromatic N) is 3. The number of aryl methyl sites for hydroxylation is 1. The summed E-state index contributed by atoms with van der Waals surface area (Å²) in [7, 11) is 1.66. The lowest BCUT2D eigenvalue weighted by Crippen LogP contribution is -2.36. The van der Waals surface area contributed by atoms with E-state index in [1.807, 2.05) is 31.2 Å². The predicted molar refractivity (Wildman–Crippen MR) is 95.2 cm³/mol. The van der Waals surface area contributed by atoms with E-state index in [0.717, 1.165) is 55.7 Å². The Hall–Kier alpha value is -2.01. The van der Waals surface area contributed by atoms with Gasteiger partial charge in [0.25, 0.3) is 0 Å². The molecule has 6 heteroatoms. The van der Waals surface area contributed by atoms with Crippen LogP contribution in [-0.2, 0) is 0 Å². The maximum Gasteiger partial charge on any atom is 0.151 e. The summed E-state index contributed by atoms with van der Waals surface area (Å²) in [6.07, 6.45) is 3.81. The van der Waals surface area contributed by atoms with E-state index in [9.17, 15) is 0 Å². The Balaban J connectivity index is 1.50. The molecule has 128 valence electrons. The number of halogens is 1. The summed E-state index contributed by atoms with van der Waals surface area (Å²) in [5, 5.41) is 0.619. The summed E-state index contributed by atoms with van der Waals surface area (Å²) in [5.74, 6) is 3.86. The van der Waals surface area contributed by atoms with Gasteiger partial charge in [-0.3, -0.25) is 0 Å². The van der Waals surface area contributed by atoms with Gasteiger partial charge in [0.05, 0.1) is 19.9 Å². The van der Waals surface area contributed by atoms with Gasteiger partial charge in [-0.2, -0.15) is 0 Å². The fourth-order valence-corrected chi connectivity index (χ4v) is 3.07. The van der Waals surface area contributed by atoms with Gasteiger partial charge in [-0.1, -0.05) is 11.6 Å². The molecular formula is C18H22ClN3O2. The molecule has 1 saturated heterocycles. The fraction of sp³-hybridized carbons (Fsp3) is 0.444. The van der Waals surface area contributed by atoms with Gasteiger partial charge in [0.15, 0.2) is 5.82 Å². The third-order valence-corrected chi connectivity index (χ3v) is 4.57. The number of hydrogen-bond acceptors (Lipinski definition) is 5. The molecule has 0 radical (unpaired) electrons. The van der Waals surface area contributed by atoms with E-state index in [-0.39, 0.29) is 0 Å². The largest absolute Gasteiger partial charge is 0.497 e. The lowest BCUT2D eigenvalue weighted by atomic mass is 9.98. The molecule has 0 aliphatic carbocycles. The van der Waals surface area contributed by atoms with Gasteiger partial charge in [-0.05, 0) is 49.9 Å². The molecule has 0 spiro atoms. The minimum atomic E-state index is 0.546. The average molecular weight is 348 g/mol. The zero-order valence-corrected chi connectivity index (χ0v) is 14.8. The van der Waals surface area contributed by atoms with Crippen molar-refractivity contribution in [1.82, 2.24) is 9.97 Å². The first-order chi connectivity index (χ1) is 11.7. The minimum absolute atomic E-state index is 0.546. The lowest BCUT2D eigenvalue weighted by Gasteiger charge is -2.33. The number of rotatable bonds is 5. The highest BCUT2D eigenvalue weighted by Crippen LogP contribution is 2.28. The third-order valence-electron chi connectivity index (χ3n) is 4.31. The van der Waals surface area contributed by atoms with Crippen LogP contribution < -0.4 is 14.4 Å². The second-order valence-electron chi connectivity index (χ2n) is 6.01. The van der Waals surface area contributed by atoms with E-state index in [4.69, 9.17) is 21.1 Å². The highest BCUT2D eigenvalue weighted by Gasteiger charge is 2.22. The average Bonchev–Trinajstić information content (AvgIpc) is 2.63. The van der Waals surface area contributed by atoms with Crippen molar-refractivity contribution in [3.8, 4) is 11.5 Å². The van der Waals surface area contributed by atoms with E-state index in [0.29, 0.717) is 10.9 Å². The molecule has 1 aliphatic heterocycles. The van der Waals surface area contributed by atoms with Crippen LogP contribution in [0.3, 0.4) is 0 Å². The molecule has 1 aromatic carbocycles. The molecule has 0 atom stereocenters. The standard InChI is InChI=1S/C18H22ClN3O2/c1-13-20-11-17(19)18(21-13)22-9-7-14(8-10-22)12-24-16-5-3-15(23-2)4-6-16/h3-6,11,14H,7-10,12H2,1-2H3. The van der Waals surface area contributed by atoms with Crippen molar-refractivity contribution in [2.75, 3.05) is 31.7 Å². The highest BCUT2D eigenvalue weighted by atomic mass is 35.5. The van der Waals surface area contributed by atoms with Crippen LogP contribution in [0.15, 0.2) is 30.5 Å². The van der Waals surface area contributed by atoms with Gasteiger partial charge in [-0.25, -0.2) is 9.97 Å². The van der Waals surface area contributed by atoms with Crippen LogP contribution in [-0.4, -0.2) is 36.8 Å². The number of hydrogen-bond donors (Lipinski definition) is 0. The summed E-state index contributed by atoms with van der Waals surface area (Å²) in [4.78, 5) is 10.8. The topological polar surface area (TPSA) is 47.5 Å². The van der Waals surface area contributed by atoms with Crippen molar-refractivity contribution in [2.45, 2.75) is 19.8 Å². The quantitative estimate of drug-likeness (QED) is 0.824. The second-order valence-corrected chi connectivity index (χ2v) is 6.41. The van der Waals surface area contributed by atoms with E-state index < -0.39 is 0 Å². The molecule has 2 heterocycles. The van der Waals surface area contributed by atoms with Crippen LogP contribution in [0.4, 0.5) is 5.82 Å². The monoisotopic (exact) mass is 347 g/mol. The Bertz CT molecular complexity index is 670. The van der Waals surface area contributed by atoms with Crippen molar-refractivity contribution in [3.63, 3.8) is 0 Å². The minimum Gasteiger partial charge on any atom is -0.497 e. The Morgan fingerprint density at radius 2 is 1.83 bits per heavy atom. The van der Waals surface area contributed by atoms with Gasteiger partial charge in [-0.15, -0.1) is 0 Å². The Kier molecular flexibility index (Phi) is 5.41. The smallest absolute Gasteiger partial charge is 0.151 e. The van der Waals surface area contributed by atoms with Crippen LogP contribution in [0.1, 0.15) is 18.7 Å². The zero-order valence-electron chi connectivity index (χ0n) is 14.0. The SMILES string of the molecule is COc1ccc(OCC2CCN(c3nc(C)ncc3Cl)CC2)cc1. The molecule has 0 unspecified atom stereocenters. The summed E-state index contributed by atoms with van der Waals surface area (Å²) in [6, 6.07) is 7.71. The van der Waals surface area contributed by atoms with E-state index in [1.165, 1.54) is 0 Å². The molecule has 0 bridgehead atoms. The number of anilines is 1. The van der Waals surface area contributed by atoms with Gasteiger partial charge in [0.1, 0.15) is 22.3 Å². The molecule has 5 nitrogen and oxygen atoms in total. The number of piperidine rings is 1. The molecule has 2 aromatic rings. The van der Waals surface area contributed by atoms with Crippen LogP contribution in [0.2, 0.25) is 5.02 Å². The molecule has 1 fully saturated rings. The molecule has 1 aliphatic rings. The first-order valence-electron chi connectivity index (χ1n) is 8.16. The van der Waals surface area contributed by atoms with Crippen LogP contribution >= 0.6 is 11.6 Å². The summed E-state index contributed by atoms with van der Waals surface area (Å²) >= 11 is 6.23. The second kappa shape index (κ2) is 7.71. The molecular weight excluding hydrogens is 326 g/mol. The predicted octanol–water partition coefficient (Wildman–Crippen LogP) is 3.74. The van der Waals surface area contributed by atoms with Crippen LogP contribution in [0.5, 0.6) is 11.5 Å². The zero-order chi connectivity index (χ0) is 16.9. The first-order valence-corrected chi connectivity index (χ1v) is 8.54. The van der Waals surface area contributed by atoms with E-state index in [1.54, 1.807) is 13.3 Å². The van der Waals surface area contributed by atoms with Crippen molar-refractivity contribution < 1.29 is 9.47 Å². The highest BCUT2D eigenvalue weighted by molar-refractivity contribution is 6.32. The number of aromatic nitrogens is 2.